The molecular formula is C25H25IN2O5. The Bertz CT molecular complexity index is 1120. The van der Waals surface area contributed by atoms with Crippen LogP contribution in [0.1, 0.15) is 28.4 Å². The van der Waals surface area contributed by atoms with Gasteiger partial charge in [0.25, 0.3) is 5.91 Å². The fraction of sp³-hybridized carbons (Fsp3) is 0.200. The summed E-state index contributed by atoms with van der Waals surface area (Å²) < 4.78 is 23.1. The highest BCUT2D eigenvalue weighted by molar-refractivity contribution is 14.1. The summed E-state index contributed by atoms with van der Waals surface area (Å²) in [5, 5.41) is 4.09. The second-order valence-electron chi connectivity index (χ2n) is 6.80. The molecule has 0 bridgehead atoms. The molecule has 0 spiro atoms. The van der Waals surface area contributed by atoms with E-state index in [0.717, 1.165) is 14.7 Å². The maximum Gasteiger partial charge on any atom is 0.275 e. The third kappa shape index (κ3) is 6.61. The molecule has 0 radical (unpaired) electrons. The Morgan fingerprint density at radius 2 is 1.79 bits per heavy atom. The zero-order valence-corrected chi connectivity index (χ0v) is 20.8. The molecule has 3 aromatic carbocycles. The van der Waals surface area contributed by atoms with Crippen molar-refractivity contribution < 1.29 is 23.7 Å². The number of hydrogen-bond donors (Lipinski definition) is 1. The minimum Gasteiger partial charge on any atom is -0.497 e. The first kappa shape index (κ1) is 24.4. The zero-order valence-electron chi connectivity index (χ0n) is 18.6. The second-order valence-corrected chi connectivity index (χ2v) is 7.96. The van der Waals surface area contributed by atoms with Crippen LogP contribution in [0.15, 0.2) is 65.8 Å². The molecule has 0 fully saturated rings. The third-order valence-corrected chi connectivity index (χ3v) is 5.39. The highest BCUT2D eigenvalue weighted by Gasteiger charge is 2.14. The van der Waals surface area contributed by atoms with E-state index in [9.17, 15) is 4.79 Å². The average Bonchev–Trinajstić information content (AvgIpc) is 2.83. The third-order valence-electron chi connectivity index (χ3n) is 4.59. The number of nitrogens with zero attached hydrogens (tertiary/aromatic N) is 1. The van der Waals surface area contributed by atoms with Crippen molar-refractivity contribution in [3.8, 4) is 23.0 Å². The Labute approximate surface area is 206 Å². The van der Waals surface area contributed by atoms with Crippen molar-refractivity contribution in [2.24, 2.45) is 5.10 Å². The van der Waals surface area contributed by atoms with E-state index in [1.165, 1.54) is 7.11 Å². The number of rotatable bonds is 10. The highest BCUT2D eigenvalue weighted by atomic mass is 127. The Hall–Kier alpha value is -3.27. The van der Waals surface area contributed by atoms with Gasteiger partial charge in [0, 0.05) is 6.07 Å². The van der Waals surface area contributed by atoms with Gasteiger partial charge in [-0.2, -0.15) is 5.10 Å². The maximum atomic E-state index is 12.5. The molecule has 1 N–H and O–H groups in total. The van der Waals surface area contributed by atoms with Crippen molar-refractivity contribution in [3.05, 3.63) is 80.9 Å². The van der Waals surface area contributed by atoms with Gasteiger partial charge in [0.2, 0.25) is 0 Å². The Morgan fingerprint density at radius 3 is 2.48 bits per heavy atom. The summed E-state index contributed by atoms with van der Waals surface area (Å²) in [6.45, 7) is 2.84. The first-order chi connectivity index (χ1) is 16.0. The lowest BCUT2D eigenvalue weighted by Crippen LogP contribution is -2.18. The van der Waals surface area contributed by atoms with E-state index in [1.807, 2.05) is 49.4 Å². The molecule has 172 valence electrons. The van der Waals surface area contributed by atoms with E-state index < -0.39 is 5.91 Å². The van der Waals surface area contributed by atoms with E-state index >= 15 is 0 Å². The van der Waals surface area contributed by atoms with Gasteiger partial charge in [0.15, 0.2) is 11.5 Å². The van der Waals surface area contributed by atoms with Crippen LogP contribution in [-0.4, -0.2) is 32.9 Å². The standard InChI is InChI=1S/C25H25IN2O5/c1-4-32-23-13-18(12-21(26)24(23)33-16-17-8-6-5-7-9-17)15-27-28-25(29)20-11-10-19(30-2)14-22(20)31-3/h5-15H,4,16H2,1-3H3,(H,28,29)/b27-15-. The van der Waals surface area contributed by atoms with E-state index in [0.29, 0.717) is 41.8 Å². The van der Waals surface area contributed by atoms with Crippen LogP contribution in [-0.2, 0) is 6.61 Å². The molecule has 0 aliphatic rings. The summed E-state index contributed by atoms with van der Waals surface area (Å²) in [4.78, 5) is 12.5. The smallest absolute Gasteiger partial charge is 0.275 e. The summed E-state index contributed by atoms with van der Waals surface area (Å²) >= 11 is 2.20. The molecule has 0 aliphatic heterocycles. The van der Waals surface area contributed by atoms with Crippen LogP contribution in [0, 0.1) is 3.57 Å². The molecule has 0 aromatic heterocycles. The summed E-state index contributed by atoms with van der Waals surface area (Å²) in [5.41, 5.74) is 4.71. The molecule has 0 saturated heterocycles. The second kappa shape index (κ2) is 12.1. The fourth-order valence-electron chi connectivity index (χ4n) is 3.01. The Morgan fingerprint density at radius 1 is 1.00 bits per heavy atom. The number of methoxy groups -OCH3 is 2. The minimum atomic E-state index is -0.395. The van der Waals surface area contributed by atoms with Gasteiger partial charge in [-0.05, 0) is 64.9 Å². The molecule has 3 rings (SSSR count). The summed E-state index contributed by atoms with van der Waals surface area (Å²) in [5.74, 6) is 1.89. The minimum absolute atomic E-state index is 0.352. The maximum absolute atomic E-state index is 12.5. The number of hydrogen-bond acceptors (Lipinski definition) is 6. The van der Waals surface area contributed by atoms with Crippen molar-refractivity contribution in [3.63, 3.8) is 0 Å². The van der Waals surface area contributed by atoms with Crippen LogP contribution in [0.5, 0.6) is 23.0 Å². The average molecular weight is 560 g/mol. The number of halogens is 1. The number of carbonyl (C=O) groups excluding carboxylic acids is 1. The van der Waals surface area contributed by atoms with Crippen molar-refractivity contribution in [2.45, 2.75) is 13.5 Å². The lowest BCUT2D eigenvalue weighted by molar-refractivity contribution is 0.0952. The molecule has 0 aliphatic carbocycles. The number of amides is 1. The van der Waals surface area contributed by atoms with Crippen LogP contribution in [0.2, 0.25) is 0 Å². The predicted octanol–water partition coefficient (Wildman–Crippen LogP) is 5.05. The number of benzene rings is 3. The van der Waals surface area contributed by atoms with Gasteiger partial charge in [-0.25, -0.2) is 5.43 Å². The van der Waals surface area contributed by atoms with Crippen molar-refractivity contribution in [1.29, 1.82) is 0 Å². The van der Waals surface area contributed by atoms with Gasteiger partial charge in [-0.15, -0.1) is 0 Å². The highest BCUT2D eigenvalue weighted by Crippen LogP contribution is 2.34. The molecular weight excluding hydrogens is 535 g/mol. The quantitative estimate of drug-likeness (QED) is 0.213. The first-order valence-electron chi connectivity index (χ1n) is 10.2. The number of hydrazone groups is 1. The topological polar surface area (TPSA) is 78.4 Å². The fourth-order valence-corrected chi connectivity index (χ4v) is 3.79. The van der Waals surface area contributed by atoms with Gasteiger partial charge in [0.1, 0.15) is 18.1 Å². The molecule has 0 atom stereocenters. The SMILES string of the molecule is CCOc1cc(/C=N\NC(=O)c2ccc(OC)cc2OC)cc(I)c1OCc1ccccc1. The van der Waals surface area contributed by atoms with Crippen LogP contribution >= 0.6 is 22.6 Å². The lowest BCUT2D eigenvalue weighted by Gasteiger charge is -2.14. The van der Waals surface area contributed by atoms with Gasteiger partial charge in [-0.3, -0.25) is 4.79 Å². The van der Waals surface area contributed by atoms with Crippen LogP contribution in [0.3, 0.4) is 0 Å². The summed E-state index contributed by atoms with van der Waals surface area (Å²) in [6.07, 6.45) is 1.56. The largest absolute Gasteiger partial charge is 0.497 e. The predicted molar refractivity (Wildman–Crippen MR) is 136 cm³/mol. The molecule has 33 heavy (non-hydrogen) atoms. The molecule has 1 amide bonds. The van der Waals surface area contributed by atoms with E-state index in [2.05, 4.69) is 33.1 Å². The lowest BCUT2D eigenvalue weighted by atomic mass is 10.2. The van der Waals surface area contributed by atoms with Crippen LogP contribution < -0.4 is 24.4 Å². The molecule has 8 heteroatoms. The van der Waals surface area contributed by atoms with Crippen molar-refractivity contribution in [1.82, 2.24) is 5.43 Å². The summed E-state index contributed by atoms with van der Waals surface area (Å²) in [6, 6.07) is 18.6. The zero-order chi connectivity index (χ0) is 23.6. The molecule has 3 aromatic rings. The molecule has 0 saturated carbocycles. The molecule has 0 unspecified atom stereocenters. The van der Waals surface area contributed by atoms with E-state index in [4.69, 9.17) is 18.9 Å². The van der Waals surface area contributed by atoms with Gasteiger partial charge >= 0.3 is 0 Å². The number of carbonyl (C=O) groups is 1. The Kier molecular flexibility index (Phi) is 8.94. The Balaban J connectivity index is 1.73. The van der Waals surface area contributed by atoms with Crippen LogP contribution in [0.25, 0.3) is 0 Å². The van der Waals surface area contributed by atoms with Gasteiger partial charge in [0.05, 0.1) is 36.2 Å². The summed E-state index contributed by atoms with van der Waals surface area (Å²) in [7, 11) is 3.04. The molecule has 0 heterocycles. The van der Waals surface area contributed by atoms with Crippen molar-refractivity contribution >= 4 is 34.7 Å². The van der Waals surface area contributed by atoms with Crippen molar-refractivity contribution in [2.75, 3.05) is 20.8 Å². The number of nitrogens with one attached hydrogen (secondary N) is 1. The first-order valence-corrected chi connectivity index (χ1v) is 11.3. The van der Waals surface area contributed by atoms with Crippen LogP contribution in [0.4, 0.5) is 0 Å². The van der Waals surface area contributed by atoms with Gasteiger partial charge < -0.3 is 18.9 Å². The number of ether oxygens (including phenoxy) is 4. The van der Waals surface area contributed by atoms with E-state index in [-0.39, 0.29) is 0 Å². The van der Waals surface area contributed by atoms with E-state index in [1.54, 1.807) is 31.5 Å². The monoisotopic (exact) mass is 560 g/mol. The normalized spacial score (nSPS) is 10.7. The van der Waals surface area contributed by atoms with Gasteiger partial charge in [-0.1, -0.05) is 30.3 Å². The molecule has 7 nitrogen and oxygen atoms in total.